The second-order valence-corrected chi connectivity index (χ2v) is 4.12. The lowest BCUT2D eigenvalue weighted by atomic mass is 9.82. The van der Waals surface area contributed by atoms with Gasteiger partial charge < -0.3 is 4.74 Å². The molecule has 0 aromatic carbocycles. The molecule has 1 aliphatic heterocycles. The molecule has 0 N–H and O–H groups in total. The molecule has 1 heterocycles. The van der Waals surface area contributed by atoms with Crippen LogP contribution in [0.5, 0.6) is 0 Å². The Bertz CT molecular complexity index is 189. The van der Waals surface area contributed by atoms with Crippen LogP contribution in [0.25, 0.3) is 0 Å². The van der Waals surface area contributed by atoms with Gasteiger partial charge in [-0.2, -0.15) is 0 Å². The van der Waals surface area contributed by atoms with Gasteiger partial charge in [0.2, 0.25) is 0 Å². The molecular formula is C10H16O. The maximum absolute atomic E-state index is 5.44. The van der Waals surface area contributed by atoms with Gasteiger partial charge in [-0.1, -0.05) is 11.6 Å². The van der Waals surface area contributed by atoms with Crippen LogP contribution in [0.1, 0.15) is 33.1 Å². The Morgan fingerprint density at radius 1 is 1.64 bits per heavy atom. The van der Waals surface area contributed by atoms with Crippen LogP contribution in [0.2, 0.25) is 0 Å². The highest BCUT2D eigenvalue weighted by atomic mass is 16.6. The van der Waals surface area contributed by atoms with Crippen molar-refractivity contribution in [3.63, 3.8) is 0 Å². The zero-order chi connectivity index (χ0) is 7.90. The molecule has 0 amide bonds. The third-order valence-electron chi connectivity index (χ3n) is 3.10. The van der Waals surface area contributed by atoms with Crippen molar-refractivity contribution in [1.29, 1.82) is 0 Å². The highest BCUT2D eigenvalue weighted by Crippen LogP contribution is 2.42. The Hall–Kier alpha value is -0.300. The third kappa shape index (κ3) is 1.34. The minimum absolute atomic E-state index is 0.261. The van der Waals surface area contributed by atoms with Crippen molar-refractivity contribution < 1.29 is 4.74 Å². The Balaban J connectivity index is 1.98. The van der Waals surface area contributed by atoms with E-state index in [2.05, 4.69) is 19.9 Å². The highest BCUT2D eigenvalue weighted by molar-refractivity contribution is 5.08. The van der Waals surface area contributed by atoms with Crippen LogP contribution in [-0.4, -0.2) is 12.2 Å². The summed E-state index contributed by atoms with van der Waals surface area (Å²) >= 11 is 0. The van der Waals surface area contributed by atoms with Gasteiger partial charge in [0, 0.05) is 0 Å². The van der Waals surface area contributed by atoms with Gasteiger partial charge in [0.25, 0.3) is 0 Å². The number of ether oxygens (including phenoxy) is 1. The average molecular weight is 152 g/mol. The van der Waals surface area contributed by atoms with Gasteiger partial charge in [-0.15, -0.1) is 0 Å². The minimum Gasteiger partial charge on any atom is -0.370 e. The maximum atomic E-state index is 5.44. The molecule has 1 fully saturated rings. The average Bonchev–Trinajstić information content (AvgIpc) is 2.70. The summed E-state index contributed by atoms with van der Waals surface area (Å²) in [7, 11) is 0. The van der Waals surface area contributed by atoms with E-state index in [1.165, 1.54) is 19.3 Å². The molecule has 0 saturated carbocycles. The molecule has 2 rings (SSSR count). The molecule has 1 heteroatoms. The van der Waals surface area contributed by atoms with Gasteiger partial charge in [-0.05, 0) is 39.0 Å². The van der Waals surface area contributed by atoms with Crippen LogP contribution in [-0.2, 0) is 4.74 Å². The fraction of sp³-hybridized carbons (Fsp3) is 0.800. The zero-order valence-corrected chi connectivity index (χ0v) is 7.39. The van der Waals surface area contributed by atoms with Crippen LogP contribution < -0.4 is 0 Å². The Morgan fingerprint density at radius 2 is 2.36 bits per heavy atom. The molecule has 0 bridgehead atoms. The molecule has 2 atom stereocenters. The van der Waals surface area contributed by atoms with Crippen molar-refractivity contribution in [2.24, 2.45) is 5.92 Å². The third-order valence-corrected chi connectivity index (χ3v) is 3.10. The van der Waals surface area contributed by atoms with Crippen molar-refractivity contribution in [3.8, 4) is 0 Å². The number of allylic oxidation sites excluding steroid dienone is 2. The predicted octanol–water partition coefficient (Wildman–Crippen LogP) is 2.52. The topological polar surface area (TPSA) is 12.5 Å². The summed E-state index contributed by atoms with van der Waals surface area (Å²) in [6.45, 7) is 5.46. The summed E-state index contributed by atoms with van der Waals surface area (Å²) in [5, 5.41) is 0. The molecule has 2 aliphatic rings. The molecule has 0 spiro atoms. The first-order chi connectivity index (χ1) is 5.21. The van der Waals surface area contributed by atoms with Crippen molar-refractivity contribution in [2.75, 3.05) is 6.61 Å². The van der Waals surface area contributed by atoms with Crippen LogP contribution in [0, 0.1) is 5.92 Å². The van der Waals surface area contributed by atoms with Crippen LogP contribution in [0.15, 0.2) is 11.6 Å². The van der Waals surface area contributed by atoms with E-state index in [1.807, 2.05) is 0 Å². The molecule has 1 aliphatic carbocycles. The predicted molar refractivity (Wildman–Crippen MR) is 45.5 cm³/mol. The zero-order valence-electron chi connectivity index (χ0n) is 7.39. The van der Waals surface area contributed by atoms with Gasteiger partial charge in [0.1, 0.15) is 0 Å². The molecule has 0 radical (unpaired) electrons. The number of epoxide rings is 1. The Morgan fingerprint density at radius 3 is 2.82 bits per heavy atom. The monoisotopic (exact) mass is 152 g/mol. The van der Waals surface area contributed by atoms with Gasteiger partial charge in [0.05, 0.1) is 12.2 Å². The second-order valence-electron chi connectivity index (χ2n) is 4.12. The highest BCUT2D eigenvalue weighted by Gasteiger charge is 2.46. The summed E-state index contributed by atoms with van der Waals surface area (Å²) < 4.78 is 5.44. The van der Waals surface area contributed by atoms with Gasteiger partial charge in [-0.3, -0.25) is 0 Å². The molecule has 62 valence electrons. The first kappa shape index (κ1) is 7.35. The first-order valence-electron chi connectivity index (χ1n) is 4.50. The molecule has 0 aromatic heterocycles. The maximum Gasteiger partial charge on any atom is 0.0919 e. The van der Waals surface area contributed by atoms with E-state index in [0.717, 1.165) is 12.5 Å². The van der Waals surface area contributed by atoms with Crippen molar-refractivity contribution in [3.05, 3.63) is 11.6 Å². The van der Waals surface area contributed by atoms with Crippen LogP contribution in [0.3, 0.4) is 0 Å². The largest absolute Gasteiger partial charge is 0.370 e. The lowest BCUT2D eigenvalue weighted by Gasteiger charge is -2.23. The van der Waals surface area contributed by atoms with E-state index < -0.39 is 0 Å². The number of hydrogen-bond acceptors (Lipinski definition) is 1. The van der Waals surface area contributed by atoms with Gasteiger partial charge in [0.15, 0.2) is 0 Å². The molecule has 0 aromatic rings. The van der Waals surface area contributed by atoms with Gasteiger partial charge >= 0.3 is 0 Å². The minimum atomic E-state index is 0.261. The van der Waals surface area contributed by atoms with E-state index in [1.54, 1.807) is 5.57 Å². The summed E-state index contributed by atoms with van der Waals surface area (Å²) in [4.78, 5) is 0. The SMILES string of the molecule is CC1=CC[C@@H](C2(C)CO2)CC1. The van der Waals surface area contributed by atoms with Crippen LogP contribution in [0.4, 0.5) is 0 Å². The summed E-state index contributed by atoms with van der Waals surface area (Å²) in [6.07, 6.45) is 6.23. The smallest absolute Gasteiger partial charge is 0.0919 e. The first-order valence-corrected chi connectivity index (χ1v) is 4.50. The lowest BCUT2D eigenvalue weighted by Crippen LogP contribution is -2.22. The van der Waals surface area contributed by atoms with E-state index in [9.17, 15) is 0 Å². The molecule has 11 heavy (non-hydrogen) atoms. The molecule has 1 saturated heterocycles. The standard InChI is InChI=1S/C10H16O/c1-8-3-5-9(6-4-8)10(2)7-11-10/h3,9H,4-7H2,1-2H3/t9-,10?/m1/s1. The fourth-order valence-electron chi connectivity index (χ4n) is 1.87. The van der Waals surface area contributed by atoms with Gasteiger partial charge in [-0.25, -0.2) is 0 Å². The van der Waals surface area contributed by atoms with E-state index in [-0.39, 0.29) is 5.60 Å². The molecular weight excluding hydrogens is 136 g/mol. The van der Waals surface area contributed by atoms with E-state index >= 15 is 0 Å². The Kier molecular flexibility index (Phi) is 1.57. The summed E-state index contributed by atoms with van der Waals surface area (Å²) in [5.41, 5.74) is 1.82. The van der Waals surface area contributed by atoms with Crippen molar-refractivity contribution in [2.45, 2.75) is 38.7 Å². The normalized spacial score (nSPS) is 43.5. The molecule has 1 nitrogen and oxygen atoms in total. The van der Waals surface area contributed by atoms with E-state index in [0.29, 0.717) is 0 Å². The second kappa shape index (κ2) is 2.34. The van der Waals surface area contributed by atoms with Crippen molar-refractivity contribution >= 4 is 0 Å². The fourth-order valence-corrected chi connectivity index (χ4v) is 1.87. The van der Waals surface area contributed by atoms with Crippen molar-refractivity contribution in [1.82, 2.24) is 0 Å². The molecule has 1 unspecified atom stereocenters. The lowest BCUT2D eigenvalue weighted by molar-refractivity contribution is 0.221. The summed E-state index contributed by atoms with van der Waals surface area (Å²) in [6, 6.07) is 0. The van der Waals surface area contributed by atoms with Crippen LogP contribution >= 0.6 is 0 Å². The van der Waals surface area contributed by atoms with E-state index in [4.69, 9.17) is 4.74 Å². The quantitative estimate of drug-likeness (QED) is 0.415. The summed E-state index contributed by atoms with van der Waals surface area (Å²) in [5.74, 6) is 0.797. The Labute approximate surface area is 68.4 Å². The number of rotatable bonds is 1. The number of hydrogen-bond donors (Lipinski definition) is 0.